The predicted molar refractivity (Wildman–Crippen MR) is 92.3 cm³/mol. The van der Waals surface area contributed by atoms with Crippen LogP contribution < -0.4 is 5.32 Å². The summed E-state index contributed by atoms with van der Waals surface area (Å²) in [5, 5.41) is 2.71. The number of esters is 1. The number of thioether (sulfide) groups is 2. The van der Waals surface area contributed by atoms with Gasteiger partial charge < -0.3 is 10.1 Å². The zero-order valence-electron chi connectivity index (χ0n) is 12.8. The maximum Gasteiger partial charge on any atom is 0.338 e. The van der Waals surface area contributed by atoms with E-state index >= 15 is 0 Å². The van der Waals surface area contributed by atoms with Crippen LogP contribution in [0.2, 0.25) is 0 Å². The molecule has 22 heavy (non-hydrogen) atoms. The molecule has 2 rings (SSSR count). The van der Waals surface area contributed by atoms with Crippen molar-refractivity contribution >= 4 is 35.4 Å². The van der Waals surface area contributed by atoms with Crippen LogP contribution in [0.4, 0.5) is 0 Å². The average Bonchev–Trinajstić information content (AvgIpc) is 3.07. The number of nitrogens with one attached hydrogen (secondary N) is 1. The van der Waals surface area contributed by atoms with Gasteiger partial charge in [0.2, 0.25) is 0 Å². The number of ether oxygens (including phenoxy) is 1. The Morgan fingerprint density at radius 2 is 1.91 bits per heavy atom. The van der Waals surface area contributed by atoms with Crippen LogP contribution in [0.5, 0.6) is 0 Å². The van der Waals surface area contributed by atoms with Gasteiger partial charge in [-0.3, -0.25) is 4.79 Å². The first-order chi connectivity index (χ1) is 10.6. The normalized spacial score (nSPS) is 16.3. The van der Waals surface area contributed by atoms with Crippen molar-refractivity contribution in [1.29, 1.82) is 0 Å². The van der Waals surface area contributed by atoms with E-state index in [9.17, 15) is 9.59 Å². The molecule has 0 bridgehead atoms. The Morgan fingerprint density at radius 1 is 1.27 bits per heavy atom. The van der Waals surface area contributed by atoms with Crippen LogP contribution >= 0.6 is 23.5 Å². The summed E-state index contributed by atoms with van der Waals surface area (Å²) in [5.74, 6) is 1.62. The van der Waals surface area contributed by atoms with E-state index in [-0.39, 0.29) is 5.91 Å². The lowest BCUT2D eigenvalue weighted by atomic mass is 10.1. The first-order valence-corrected chi connectivity index (χ1v) is 9.53. The quantitative estimate of drug-likeness (QED) is 0.807. The van der Waals surface area contributed by atoms with Gasteiger partial charge in [-0.1, -0.05) is 19.1 Å². The Bertz CT molecular complexity index is 513. The molecule has 0 unspecified atom stereocenters. The van der Waals surface area contributed by atoms with Crippen molar-refractivity contribution in [1.82, 2.24) is 5.32 Å². The first kappa shape index (κ1) is 17.2. The zero-order valence-corrected chi connectivity index (χ0v) is 14.5. The molecule has 4 nitrogen and oxygen atoms in total. The fraction of sp³-hybridized carbons (Fsp3) is 0.500. The van der Waals surface area contributed by atoms with Crippen LogP contribution in [0.15, 0.2) is 24.3 Å². The van der Waals surface area contributed by atoms with E-state index in [2.05, 4.69) is 5.32 Å². The molecule has 120 valence electrons. The lowest BCUT2D eigenvalue weighted by molar-refractivity contribution is -0.129. The molecule has 1 aliphatic heterocycles. The van der Waals surface area contributed by atoms with Gasteiger partial charge in [0.15, 0.2) is 6.10 Å². The maximum absolute atomic E-state index is 12.1. The summed E-state index contributed by atoms with van der Waals surface area (Å²) in [6, 6.07) is 7.48. The highest BCUT2D eigenvalue weighted by atomic mass is 32.2. The Labute approximate surface area is 139 Å². The number of carbonyl (C=O) groups is 2. The molecule has 1 fully saturated rings. The van der Waals surface area contributed by atoms with Gasteiger partial charge in [0, 0.05) is 18.1 Å². The third-order valence-electron chi connectivity index (χ3n) is 3.24. The van der Waals surface area contributed by atoms with E-state index in [0.29, 0.717) is 16.7 Å². The molecular formula is C16H21NO3S2. The van der Waals surface area contributed by atoms with Crippen molar-refractivity contribution < 1.29 is 14.3 Å². The second-order valence-corrected chi connectivity index (χ2v) is 7.76. The lowest BCUT2D eigenvalue weighted by Crippen LogP contribution is -2.36. The number of rotatable bonds is 6. The number of benzene rings is 1. The molecule has 1 amide bonds. The van der Waals surface area contributed by atoms with Crippen LogP contribution in [-0.4, -0.2) is 36.0 Å². The summed E-state index contributed by atoms with van der Waals surface area (Å²) in [6.07, 6.45) is 0.0742. The molecule has 1 heterocycles. The molecule has 6 heteroatoms. The topological polar surface area (TPSA) is 55.4 Å². The van der Waals surface area contributed by atoms with Gasteiger partial charge in [0.1, 0.15) is 0 Å². The van der Waals surface area contributed by atoms with Crippen molar-refractivity contribution in [2.45, 2.75) is 31.0 Å². The van der Waals surface area contributed by atoms with Gasteiger partial charge in [-0.25, -0.2) is 4.79 Å². The van der Waals surface area contributed by atoms with Crippen molar-refractivity contribution in [2.24, 2.45) is 0 Å². The van der Waals surface area contributed by atoms with Crippen molar-refractivity contribution in [3.63, 3.8) is 0 Å². The van der Waals surface area contributed by atoms with E-state index in [0.717, 1.165) is 6.42 Å². The largest absolute Gasteiger partial charge is 0.449 e. The number of hydrogen-bond donors (Lipinski definition) is 1. The van der Waals surface area contributed by atoms with Crippen molar-refractivity contribution in [3.8, 4) is 0 Å². The Hall–Kier alpha value is -1.14. The van der Waals surface area contributed by atoms with Gasteiger partial charge >= 0.3 is 5.97 Å². The fourth-order valence-electron chi connectivity index (χ4n) is 2.00. The van der Waals surface area contributed by atoms with Gasteiger partial charge in [-0.2, -0.15) is 0 Å². The maximum atomic E-state index is 12.1. The molecule has 0 saturated carbocycles. The smallest absolute Gasteiger partial charge is 0.338 e. The molecule has 1 atom stereocenters. The second-order valence-electron chi connectivity index (χ2n) is 5.03. The number of hydrogen-bond acceptors (Lipinski definition) is 5. The Kier molecular flexibility index (Phi) is 6.64. The number of amides is 1. The van der Waals surface area contributed by atoms with Crippen LogP contribution in [0, 0.1) is 0 Å². The summed E-state index contributed by atoms with van der Waals surface area (Å²) in [7, 11) is 0. The highest BCUT2D eigenvalue weighted by Crippen LogP contribution is 2.45. The van der Waals surface area contributed by atoms with Gasteiger partial charge in [-0.05, 0) is 31.0 Å². The molecule has 1 N–H and O–H groups in total. The highest BCUT2D eigenvalue weighted by molar-refractivity contribution is 8.19. The second kappa shape index (κ2) is 8.48. The fourth-order valence-corrected chi connectivity index (χ4v) is 4.86. The van der Waals surface area contributed by atoms with Crippen molar-refractivity contribution in [2.75, 3.05) is 18.1 Å². The lowest BCUT2D eigenvalue weighted by Gasteiger charge is -2.14. The molecule has 0 spiro atoms. The minimum atomic E-state index is -0.778. The number of carbonyl (C=O) groups excluding carboxylic acids is 2. The first-order valence-electron chi connectivity index (χ1n) is 7.43. The molecule has 1 aromatic rings. The summed E-state index contributed by atoms with van der Waals surface area (Å²) in [6.45, 7) is 4.15. The minimum Gasteiger partial charge on any atom is -0.449 e. The molecule has 0 aliphatic carbocycles. The molecular weight excluding hydrogens is 318 g/mol. The van der Waals surface area contributed by atoms with Crippen LogP contribution in [0.25, 0.3) is 0 Å². The van der Waals surface area contributed by atoms with Crippen LogP contribution in [-0.2, 0) is 9.53 Å². The predicted octanol–water partition coefficient (Wildman–Crippen LogP) is 3.24. The van der Waals surface area contributed by atoms with Crippen LogP contribution in [0.1, 0.15) is 40.8 Å². The van der Waals surface area contributed by atoms with E-state index in [4.69, 9.17) is 4.74 Å². The monoisotopic (exact) mass is 339 g/mol. The highest BCUT2D eigenvalue weighted by Gasteiger charge is 2.20. The SMILES string of the molecule is CCCNC(=O)[C@@H](C)OC(=O)c1ccc(C2SCCS2)cc1. The molecule has 1 aromatic carbocycles. The third-order valence-corrected chi connectivity index (χ3v) is 6.35. The van der Waals surface area contributed by atoms with E-state index in [1.807, 2.05) is 42.6 Å². The van der Waals surface area contributed by atoms with E-state index in [1.165, 1.54) is 17.1 Å². The van der Waals surface area contributed by atoms with Gasteiger partial charge in [0.25, 0.3) is 5.91 Å². The third kappa shape index (κ3) is 4.68. The van der Waals surface area contributed by atoms with E-state index < -0.39 is 12.1 Å². The Morgan fingerprint density at radius 3 is 2.50 bits per heavy atom. The summed E-state index contributed by atoms with van der Waals surface area (Å²) in [4.78, 5) is 23.8. The average molecular weight is 339 g/mol. The summed E-state index contributed by atoms with van der Waals surface area (Å²) in [5.41, 5.74) is 1.70. The van der Waals surface area contributed by atoms with Crippen LogP contribution in [0.3, 0.4) is 0 Å². The summed E-state index contributed by atoms with van der Waals surface area (Å²) >= 11 is 3.85. The molecule has 0 radical (unpaired) electrons. The molecule has 1 saturated heterocycles. The molecule has 0 aromatic heterocycles. The van der Waals surface area contributed by atoms with E-state index in [1.54, 1.807) is 19.1 Å². The van der Waals surface area contributed by atoms with Crippen molar-refractivity contribution in [3.05, 3.63) is 35.4 Å². The molecule has 1 aliphatic rings. The van der Waals surface area contributed by atoms with Gasteiger partial charge in [0.05, 0.1) is 10.1 Å². The minimum absolute atomic E-state index is 0.259. The summed E-state index contributed by atoms with van der Waals surface area (Å²) < 4.78 is 5.66. The zero-order chi connectivity index (χ0) is 15.9. The Balaban J connectivity index is 1.90. The standard InChI is InChI=1S/C16H21NO3S2/c1-3-8-17-14(18)11(2)20-15(19)12-4-6-13(7-5-12)16-21-9-10-22-16/h4-7,11,16H,3,8-10H2,1-2H3,(H,17,18)/t11-/m1/s1. The van der Waals surface area contributed by atoms with Gasteiger partial charge in [-0.15, -0.1) is 23.5 Å².